The maximum atomic E-state index is 12.7. The van der Waals surface area contributed by atoms with Gasteiger partial charge in [0.25, 0.3) is 5.91 Å². The summed E-state index contributed by atoms with van der Waals surface area (Å²) >= 11 is 3.51. The number of carbonyl (C=O) groups excluding carboxylic acids is 1. The van der Waals surface area contributed by atoms with E-state index in [0.717, 1.165) is 45.7 Å². The number of rotatable bonds is 7. The standard InChI is InChI=1S/C22H22N4OS2/c27-21(20-4-2-1-3-19(20)15-29-22-24-10-12-28-22)25-13-17-5-7-18(8-6-17)14-26-11-9-23-16-26/h1-9,11,16H,10,12-15H2,(H,25,27). The predicted molar refractivity (Wildman–Crippen MR) is 121 cm³/mol. The first kappa shape index (κ1) is 19.8. The molecule has 1 aromatic heterocycles. The van der Waals surface area contributed by atoms with Crippen molar-refractivity contribution in [3.05, 3.63) is 89.5 Å². The van der Waals surface area contributed by atoms with Crippen LogP contribution < -0.4 is 5.32 Å². The Bertz CT molecular complexity index is 984. The van der Waals surface area contributed by atoms with Crippen LogP contribution in [0.5, 0.6) is 0 Å². The first-order valence-electron chi connectivity index (χ1n) is 9.47. The van der Waals surface area contributed by atoms with Gasteiger partial charge >= 0.3 is 0 Å². The number of nitrogens with one attached hydrogen (secondary N) is 1. The highest BCUT2D eigenvalue weighted by molar-refractivity contribution is 8.38. The number of nitrogens with zero attached hydrogens (tertiary/aromatic N) is 3. The van der Waals surface area contributed by atoms with E-state index in [0.29, 0.717) is 6.54 Å². The van der Waals surface area contributed by atoms with Crippen molar-refractivity contribution in [2.45, 2.75) is 18.8 Å². The molecule has 0 radical (unpaired) electrons. The van der Waals surface area contributed by atoms with Crippen LogP contribution in [-0.2, 0) is 18.8 Å². The molecule has 148 valence electrons. The Morgan fingerprint density at radius 2 is 1.97 bits per heavy atom. The Morgan fingerprint density at radius 3 is 2.72 bits per heavy atom. The molecule has 0 saturated heterocycles. The highest BCUT2D eigenvalue weighted by Crippen LogP contribution is 2.26. The minimum absolute atomic E-state index is 0.0373. The van der Waals surface area contributed by atoms with Crippen LogP contribution in [0.15, 0.2) is 72.2 Å². The second kappa shape index (κ2) is 9.80. The number of aliphatic imine (C=N–C) groups is 1. The summed E-state index contributed by atoms with van der Waals surface area (Å²) in [7, 11) is 0. The van der Waals surface area contributed by atoms with Crippen molar-refractivity contribution in [3.63, 3.8) is 0 Å². The summed E-state index contributed by atoms with van der Waals surface area (Å²) in [6.45, 7) is 2.20. The van der Waals surface area contributed by atoms with Crippen LogP contribution in [0.2, 0.25) is 0 Å². The molecule has 0 bridgehead atoms. The van der Waals surface area contributed by atoms with E-state index in [4.69, 9.17) is 0 Å². The molecule has 2 aromatic carbocycles. The van der Waals surface area contributed by atoms with Crippen molar-refractivity contribution in [1.82, 2.24) is 14.9 Å². The molecule has 0 saturated carbocycles. The molecular formula is C22H22N4OS2. The number of carbonyl (C=O) groups is 1. The molecule has 2 heterocycles. The van der Waals surface area contributed by atoms with Crippen molar-refractivity contribution < 1.29 is 4.79 Å². The van der Waals surface area contributed by atoms with Gasteiger partial charge in [-0.3, -0.25) is 9.79 Å². The highest BCUT2D eigenvalue weighted by Gasteiger charge is 2.13. The SMILES string of the molecule is O=C(NCc1ccc(Cn2ccnc2)cc1)c1ccccc1CSC1=NCCS1. The number of amides is 1. The number of hydrogen-bond donors (Lipinski definition) is 1. The average molecular weight is 423 g/mol. The van der Waals surface area contributed by atoms with E-state index in [-0.39, 0.29) is 5.91 Å². The van der Waals surface area contributed by atoms with Crippen LogP contribution in [-0.4, -0.2) is 32.1 Å². The molecular weight excluding hydrogens is 400 g/mol. The number of hydrogen-bond acceptors (Lipinski definition) is 5. The Labute approximate surface area is 179 Å². The van der Waals surface area contributed by atoms with Gasteiger partial charge in [-0.25, -0.2) is 4.98 Å². The summed E-state index contributed by atoms with van der Waals surface area (Å²) < 4.78 is 3.15. The molecule has 0 atom stereocenters. The van der Waals surface area contributed by atoms with Gasteiger partial charge in [0.2, 0.25) is 0 Å². The molecule has 0 aliphatic carbocycles. The lowest BCUT2D eigenvalue weighted by molar-refractivity contribution is 0.0950. The van der Waals surface area contributed by atoms with Crippen LogP contribution in [0.4, 0.5) is 0 Å². The number of thioether (sulfide) groups is 2. The van der Waals surface area contributed by atoms with E-state index < -0.39 is 0 Å². The van der Waals surface area contributed by atoms with E-state index in [1.807, 2.05) is 41.4 Å². The molecule has 1 N–H and O–H groups in total. The summed E-state index contributed by atoms with van der Waals surface area (Å²) in [4.78, 5) is 21.3. The largest absolute Gasteiger partial charge is 0.348 e. The Kier molecular flexibility index (Phi) is 6.69. The Hall–Kier alpha value is -2.51. The fourth-order valence-electron chi connectivity index (χ4n) is 3.04. The van der Waals surface area contributed by atoms with Gasteiger partial charge in [-0.2, -0.15) is 0 Å². The van der Waals surface area contributed by atoms with Crippen molar-refractivity contribution >= 4 is 33.8 Å². The van der Waals surface area contributed by atoms with Crippen LogP contribution in [0.25, 0.3) is 0 Å². The number of aromatic nitrogens is 2. The summed E-state index contributed by atoms with van der Waals surface area (Å²) in [5, 5.41) is 3.05. The third-order valence-electron chi connectivity index (χ3n) is 4.57. The molecule has 1 aliphatic rings. The first-order chi connectivity index (χ1) is 14.3. The molecule has 1 aliphatic heterocycles. The van der Waals surface area contributed by atoms with Crippen LogP contribution in [0.1, 0.15) is 27.0 Å². The second-order valence-electron chi connectivity index (χ2n) is 6.68. The molecule has 7 heteroatoms. The fraction of sp³-hybridized carbons (Fsp3) is 0.227. The van der Waals surface area contributed by atoms with Gasteiger partial charge in [0, 0.05) is 42.6 Å². The van der Waals surface area contributed by atoms with E-state index in [1.165, 1.54) is 5.56 Å². The summed E-state index contributed by atoms with van der Waals surface area (Å²) in [6.07, 6.45) is 5.53. The van der Waals surface area contributed by atoms with Gasteiger partial charge in [-0.1, -0.05) is 66.0 Å². The summed E-state index contributed by atoms with van der Waals surface area (Å²) in [6, 6.07) is 16.1. The third-order valence-corrected chi connectivity index (χ3v) is 6.87. The zero-order valence-electron chi connectivity index (χ0n) is 16.0. The van der Waals surface area contributed by atoms with Gasteiger partial charge in [0.05, 0.1) is 12.9 Å². The summed E-state index contributed by atoms with van der Waals surface area (Å²) in [5.41, 5.74) is 4.06. The second-order valence-corrected chi connectivity index (χ2v) is 8.98. The smallest absolute Gasteiger partial charge is 0.251 e. The van der Waals surface area contributed by atoms with E-state index in [9.17, 15) is 4.79 Å². The zero-order chi connectivity index (χ0) is 19.9. The van der Waals surface area contributed by atoms with Gasteiger partial charge in [0.15, 0.2) is 0 Å². The van der Waals surface area contributed by atoms with Crippen molar-refractivity contribution in [3.8, 4) is 0 Å². The number of benzene rings is 2. The van der Waals surface area contributed by atoms with Gasteiger partial charge in [-0.15, -0.1) is 0 Å². The molecule has 4 rings (SSSR count). The van der Waals surface area contributed by atoms with E-state index in [1.54, 1.807) is 29.7 Å². The maximum absolute atomic E-state index is 12.7. The highest BCUT2D eigenvalue weighted by atomic mass is 32.2. The topological polar surface area (TPSA) is 59.3 Å². The average Bonchev–Trinajstić information content (AvgIpc) is 3.46. The Morgan fingerprint density at radius 1 is 1.14 bits per heavy atom. The molecule has 0 spiro atoms. The zero-order valence-corrected chi connectivity index (χ0v) is 17.6. The van der Waals surface area contributed by atoms with Crippen LogP contribution >= 0.6 is 23.5 Å². The lowest BCUT2D eigenvalue weighted by Gasteiger charge is -2.11. The van der Waals surface area contributed by atoms with Crippen molar-refractivity contribution in [2.24, 2.45) is 4.99 Å². The minimum atomic E-state index is -0.0373. The maximum Gasteiger partial charge on any atom is 0.251 e. The van der Waals surface area contributed by atoms with Crippen LogP contribution in [0, 0.1) is 0 Å². The normalized spacial score (nSPS) is 13.3. The Balaban J connectivity index is 1.33. The predicted octanol–water partition coefficient (Wildman–Crippen LogP) is 4.20. The van der Waals surface area contributed by atoms with Crippen molar-refractivity contribution in [2.75, 3.05) is 12.3 Å². The molecule has 29 heavy (non-hydrogen) atoms. The fourth-order valence-corrected chi connectivity index (χ4v) is 5.05. The molecule has 5 nitrogen and oxygen atoms in total. The summed E-state index contributed by atoms with van der Waals surface area (Å²) in [5.74, 6) is 1.79. The first-order valence-corrected chi connectivity index (χ1v) is 11.4. The van der Waals surface area contributed by atoms with Crippen LogP contribution in [0.3, 0.4) is 0 Å². The molecule has 1 amide bonds. The van der Waals surface area contributed by atoms with Crippen molar-refractivity contribution in [1.29, 1.82) is 0 Å². The van der Waals surface area contributed by atoms with Gasteiger partial charge < -0.3 is 9.88 Å². The van der Waals surface area contributed by atoms with E-state index >= 15 is 0 Å². The quantitative estimate of drug-likeness (QED) is 0.620. The van der Waals surface area contributed by atoms with Gasteiger partial charge in [0.1, 0.15) is 4.38 Å². The van der Waals surface area contributed by atoms with Gasteiger partial charge in [-0.05, 0) is 22.8 Å². The van der Waals surface area contributed by atoms with E-state index in [2.05, 4.69) is 39.6 Å². The lowest BCUT2D eigenvalue weighted by atomic mass is 10.1. The minimum Gasteiger partial charge on any atom is -0.348 e. The number of imidazole rings is 1. The lowest BCUT2D eigenvalue weighted by Crippen LogP contribution is -2.24. The molecule has 0 fully saturated rings. The monoisotopic (exact) mass is 422 g/mol. The third kappa shape index (κ3) is 5.52. The molecule has 0 unspecified atom stereocenters. The molecule has 3 aromatic rings.